The number of aryl methyl sites for hydroxylation is 1. The Morgan fingerprint density at radius 3 is 2.51 bits per heavy atom. The lowest BCUT2D eigenvalue weighted by Gasteiger charge is -2.12. The molecule has 3 heterocycles. The molecule has 0 fully saturated rings. The SMILES string of the molecule is Cn1ccc(-c2cnc3[nH]cc(C(=O)c4c(F)ccc(NS(=O)(=O)c5cc(F)ccc5F)c4F)c3c2)n1. The first kappa shape index (κ1) is 24.2. The molecule has 0 aliphatic carbocycles. The van der Waals surface area contributed by atoms with E-state index in [4.69, 9.17) is 0 Å². The molecule has 2 N–H and O–H groups in total. The number of halogens is 4. The fourth-order valence-electron chi connectivity index (χ4n) is 3.76. The topological polar surface area (TPSA) is 110 Å². The van der Waals surface area contributed by atoms with Gasteiger partial charge >= 0.3 is 0 Å². The minimum Gasteiger partial charge on any atom is -0.345 e. The van der Waals surface area contributed by atoms with Crippen LogP contribution in [0.2, 0.25) is 0 Å². The Hall–Kier alpha value is -4.52. The van der Waals surface area contributed by atoms with Gasteiger partial charge in [-0.25, -0.2) is 31.0 Å². The summed E-state index contributed by atoms with van der Waals surface area (Å²) in [5, 5.41) is 4.51. The molecule has 0 saturated carbocycles. The number of hydrogen-bond acceptors (Lipinski definition) is 5. The van der Waals surface area contributed by atoms with Gasteiger partial charge in [0.1, 0.15) is 28.0 Å². The van der Waals surface area contributed by atoms with Crippen LogP contribution < -0.4 is 4.72 Å². The van der Waals surface area contributed by atoms with E-state index in [9.17, 15) is 26.4 Å². The number of fused-ring (bicyclic) bond motifs is 1. The van der Waals surface area contributed by atoms with E-state index in [2.05, 4.69) is 15.1 Å². The lowest BCUT2D eigenvalue weighted by molar-refractivity contribution is 0.103. The van der Waals surface area contributed by atoms with Gasteiger partial charge in [0.2, 0.25) is 5.78 Å². The smallest absolute Gasteiger partial charge is 0.265 e. The van der Waals surface area contributed by atoms with Crippen LogP contribution in [0.1, 0.15) is 15.9 Å². The van der Waals surface area contributed by atoms with Gasteiger partial charge in [-0.15, -0.1) is 0 Å². The van der Waals surface area contributed by atoms with Gasteiger partial charge in [0.15, 0.2) is 5.82 Å². The number of nitrogens with zero attached hydrogens (tertiary/aromatic N) is 3. The second-order valence-electron chi connectivity index (χ2n) is 7.99. The van der Waals surface area contributed by atoms with Crippen LogP contribution in [0.5, 0.6) is 0 Å². The summed E-state index contributed by atoms with van der Waals surface area (Å²) in [4.78, 5) is 19.2. The number of benzene rings is 2. The summed E-state index contributed by atoms with van der Waals surface area (Å²) >= 11 is 0. The number of carbonyl (C=O) groups is 1. The van der Waals surface area contributed by atoms with Gasteiger partial charge in [0.05, 0.1) is 16.9 Å². The Kier molecular flexibility index (Phi) is 5.79. The van der Waals surface area contributed by atoms with Crippen LogP contribution in [-0.2, 0) is 17.1 Å². The lowest BCUT2D eigenvalue weighted by atomic mass is 10.0. The molecule has 0 bridgehead atoms. The van der Waals surface area contributed by atoms with E-state index in [1.54, 1.807) is 34.8 Å². The highest BCUT2D eigenvalue weighted by molar-refractivity contribution is 7.92. The summed E-state index contributed by atoms with van der Waals surface area (Å²) in [5.41, 5.74) is -0.655. The average Bonchev–Trinajstić information content (AvgIpc) is 3.48. The number of nitrogens with one attached hydrogen (secondary N) is 2. The molecule has 0 spiro atoms. The van der Waals surface area contributed by atoms with Crippen LogP contribution >= 0.6 is 0 Å². The first-order valence-corrected chi connectivity index (χ1v) is 12.0. The zero-order chi connectivity index (χ0) is 26.5. The van der Waals surface area contributed by atoms with Crippen LogP contribution in [0, 0.1) is 23.3 Å². The molecule has 0 atom stereocenters. The number of aromatic amines is 1. The monoisotopic (exact) mass is 529 g/mol. The van der Waals surface area contributed by atoms with Crippen molar-refractivity contribution in [2.24, 2.45) is 7.05 Å². The Bertz CT molecular complexity index is 1810. The molecule has 2 aromatic carbocycles. The fourth-order valence-corrected chi connectivity index (χ4v) is 4.91. The summed E-state index contributed by atoms with van der Waals surface area (Å²) in [5.74, 6) is -6.23. The van der Waals surface area contributed by atoms with Crippen molar-refractivity contribution in [3.05, 3.63) is 95.5 Å². The predicted molar refractivity (Wildman–Crippen MR) is 125 cm³/mol. The molecular formula is C24H15F4N5O3S. The fraction of sp³-hybridized carbons (Fsp3) is 0.0417. The summed E-state index contributed by atoms with van der Waals surface area (Å²) < 4.78 is 86.1. The summed E-state index contributed by atoms with van der Waals surface area (Å²) in [6.07, 6.45) is 4.44. The van der Waals surface area contributed by atoms with Crippen molar-refractivity contribution >= 4 is 32.5 Å². The Morgan fingerprint density at radius 1 is 1.03 bits per heavy atom. The second kappa shape index (κ2) is 8.85. The maximum atomic E-state index is 15.4. The van der Waals surface area contributed by atoms with Gasteiger partial charge in [-0.1, -0.05) is 0 Å². The molecule has 13 heteroatoms. The van der Waals surface area contributed by atoms with Gasteiger partial charge in [-0.3, -0.25) is 14.2 Å². The van der Waals surface area contributed by atoms with Gasteiger partial charge in [-0.05, 0) is 42.5 Å². The Balaban J connectivity index is 1.56. The van der Waals surface area contributed by atoms with Crippen molar-refractivity contribution in [2.45, 2.75) is 4.90 Å². The van der Waals surface area contributed by atoms with Crippen LogP contribution in [0.3, 0.4) is 0 Å². The normalized spacial score (nSPS) is 11.7. The maximum Gasteiger partial charge on any atom is 0.265 e. The second-order valence-corrected chi connectivity index (χ2v) is 9.64. The van der Waals surface area contributed by atoms with Crippen molar-refractivity contribution in [1.29, 1.82) is 0 Å². The minimum absolute atomic E-state index is 0.130. The first-order valence-electron chi connectivity index (χ1n) is 10.5. The van der Waals surface area contributed by atoms with E-state index < -0.39 is 55.2 Å². The molecule has 0 aliphatic rings. The van der Waals surface area contributed by atoms with E-state index in [1.165, 1.54) is 12.4 Å². The van der Waals surface area contributed by atoms with Crippen LogP contribution in [0.15, 0.2) is 66.0 Å². The number of sulfonamides is 1. The number of ketones is 1. The molecule has 0 radical (unpaired) electrons. The van der Waals surface area contributed by atoms with Crippen LogP contribution in [-0.4, -0.2) is 33.9 Å². The van der Waals surface area contributed by atoms with Crippen molar-refractivity contribution in [1.82, 2.24) is 19.7 Å². The van der Waals surface area contributed by atoms with Crippen LogP contribution in [0.25, 0.3) is 22.3 Å². The van der Waals surface area contributed by atoms with Crippen molar-refractivity contribution in [2.75, 3.05) is 4.72 Å². The van der Waals surface area contributed by atoms with E-state index in [0.717, 1.165) is 6.07 Å². The van der Waals surface area contributed by atoms with Crippen molar-refractivity contribution in [3.8, 4) is 11.3 Å². The standard InChI is InChI=1S/C24H15F4N5O3S/c1-33-7-6-18(31-33)12-8-14-15(11-30-24(14)29-10-12)23(34)21-17(27)4-5-19(22(21)28)32-37(35,36)20-9-13(25)2-3-16(20)26/h2-11,32H,1H3,(H,29,30). The molecule has 0 saturated heterocycles. The molecule has 37 heavy (non-hydrogen) atoms. The highest BCUT2D eigenvalue weighted by Crippen LogP contribution is 2.30. The van der Waals surface area contributed by atoms with E-state index >= 15 is 4.39 Å². The molecule has 188 valence electrons. The van der Waals surface area contributed by atoms with Gasteiger partial charge in [0, 0.05) is 42.2 Å². The number of anilines is 1. The van der Waals surface area contributed by atoms with Crippen LogP contribution in [0.4, 0.5) is 23.2 Å². The zero-order valence-electron chi connectivity index (χ0n) is 18.8. The maximum absolute atomic E-state index is 15.4. The van der Waals surface area contributed by atoms with Gasteiger partial charge in [0.25, 0.3) is 10.0 Å². The van der Waals surface area contributed by atoms with E-state index in [-0.39, 0.29) is 16.6 Å². The number of hydrogen-bond donors (Lipinski definition) is 2. The average molecular weight is 529 g/mol. The third-order valence-electron chi connectivity index (χ3n) is 5.53. The van der Waals surface area contributed by atoms with Gasteiger partial charge < -0.3 is 4.98 Å². The highest BCUT2D eigenvalue weighted by atomic mass is 32.2. The molecule has 8 nitrogen and oxygen atoms in total. The third kappa shape index (κ3) is 4.33. The number of rotatable bonds is 6. The van der Waals surface area contributed by atoms with E-state index in [1.807, 2.05) is 0 Å². The molecule has 3 aromatic heterocycles. The molecule has 5 aromatic rings. The zero-order valence-corrected chi connectivity index (χ0v) is 19.6. The molecular weight excluding hydrogens is 514 g/mol. The molecule has 5 rings (SSSR count). The Morgan fingerprint density at radius 2 is 1.78 bits per heavy atom. The predicted octanol–water partition coefficient (Wildman–Crippen LogP) is 4.55. The van der Waals surface area contributed by atoms with Gasteiger partial charge in [-0.2, -0.15) is 5.10 Å². The summed E-state index contributed by atoms with van der Waals surface area (Å²) in [7, 11) is -3.11. The van der Waals surface area contributed by atoms with Crippen molar-refractivity contribution in [3.63, 3.8) is 0 Å². The number of pyridine rings is 1. The summed E-state index contributed by atoms with van der Waals surface area (Å²) in [6.45, 7) is 0. The third-order valence-corrected chi connectivity index (χ3v) is 6.91. The van der Waals surface area contributed by atoms with Crippen molar-refractivity contribution < 1.29 is 30.8 Å². The number of H-pyrrole nitrogens is 1. The highest BCUT2D eigenvalue weighted by Gasteiger charge is 2.27. The Labute approximate surface area is 206 Å². The minimum atomic E-state index is -4.83. The quantitative estimate of drug-likeness (QED) is 0.248. The number of carbonyl (C=O) groups excluding carboxylic acids is 1. The lowest BCUT2D eigenvalue weighted by Crippen LogP contribution is -2.17. The largest absolute Gasteiger partial charge is 0.345 e. The molecule has 0 unspecified atom stereocenters. The summed E-state index contributed by atoms with van der Waals surface area (Å²) in [6, 6.07) is 6.40. The molecule has 0 amide bonds. The molecule has 0 aliphatic heterocycles. The number of aromatic nitrogens is 4. The van der Waals surface area contributed by atoms with E-state index in [0.29, 0.717) is 35.5 Å². The first-order chi connectivity index (χ1) is 17.5.